The maximum absolute atomic E-state index is 12.2. The van der Waals surface area contributed by atoms with Gasteiger partial charge in [0.25, 0.3) is 10.0 Å². The Morgan fingerprint density at radius 2 is 1.89 bits per heavy atom. The first kappa shape index (κ1) is 14.3. The number of sulfonamides is 1. The fraction of sp³-hybridized carbons (Fsp3) is 0.182. The number of aromatic amines is 1. The van der Waals surface area contributed by atoms with Crippen LogP contribution in [0.2, 0.25) is 10.0 Å². The van der Waals surface area contributed by atoms with Crippen molar-refractivity contribution in [2.24, 2.45) is 0 Å². The van der Waals surface area contributed by atoms with Crippen LogP contribution in [0.5, 0.6) is 0 Å². The molecule has 0 aliphatic heterocycles. The van der Waals surface area contributed by atoms with Gasteiger partial charge in [0.2, 0.25) is 0 Å². The third kappa shape index (κ3) is 3.27. The van der Waals surface area contributed by atoms with E-state index in [2.05, 4.69) is 9.97 Å². The Morgan fingerprint density at radius 3 is 2.42 bits per heavy atom. The molecule has 0 radical (unpaired) electrons. The Morgan fingerprint density at radius 1 is 1.26 bits per heavy atom. The molecule has 0 fully saturated rings. The SMILES string of the molecule is CN(Cc1cc(Cl)cc(Cl)c1)S(=O)(=O)c1cnc[nH]1. The minimum absolute atomic E-state index is 0.0446. The van der Waals surface area contributed by atoms with E-state index in [4.69, 9.17) is 23.2 Å². The van der Waals surface area contributed by atoms with E-state index in [1.807, 2.05) is 0 Å². The number of hydrogen-bond donors (Lipinski definition) is 1. The molecule has 1 N–H and O–H groups in total. The molecule has 2 rings (SSSR count). The van der Waals surface area contributed by atoms with Crippen LogP contribution in [0.1, 0.15) is 5.56 Å². The van der Waals surface area contributed by atoms with Crippen molar-refractivity contribution < 1.29 is 8.42 Å². The van der Waals surface area contributed by atoms with Crippen molar-refractivity contribution in [2.45, 2.75) is 11.6 Å². The lowest BCUT2D eigenvalue weighted by Crippen LogP contribution is -2.26. The highest BCUT2D eigenvalue weighted by Crippen LogP contribution is 2.21. The van der Waals surface area contributed by atoms with E-state index in [1.165, 1.54) is 23.9 Å². The lowest BCUT2D eigenvalue weighted by atomic mass is 10.2. The van der Waals surface area contributed by atoms with Gasteiger partial charge in [0.15, 0.2) is 5.03 Å². The van der Waals surface area contributed by atoms with Gasteiger partial charge in [-0.25, -0.2) is 13.4 Å². The number of nitrogens with one attached hydrogen (secondary N) is 1. The van der Waals surface area contributed by atoms with Crippen LogP contribution in [0.3, 0.4) is 0 Å². The van der Waals surface area contributed by atoms with Gasteiger partial charge in [-0.2, -0.15) is 4.31 Å². The zero-order valence-corrected chi connectivity index (χ0v) is 12.3. The molecule has 0 amide bonds. The molecule has 0 spiro atoms. The van der Waals surface area contributed by atoms with Gasteiger partial charge >= 0.3 is 0 Å². The van der Waals surface area contributed by atoms with Crippen LogP contribution in [0.25, 0.3) is 0 Å². The Labute approximate surface area is 121 Å². The van der Waals surface area contributed by atoms with Crippen LogP contribution in [0.4, 0.5) is 0 Å². The average molecular weight is 320 g/mol. The smallest absolute Gasteiger partial charge is 0.260 e. The Balaban J connectivity index is 2.24. The van der Waals surface area contributed by atoms with Crippen LogP contribution in [-0.4, -0.2) is 29.7 Å². The van der Waals surface area contributed by atoms with Crippen molar-refractivity contribution in [1.82, 2.24) is 14.3 Å². The predicted octanol–water partition coefficient (Wildman–Crippen LogP) is 2.54. The number of halogens is 2. The van der Waals surface area contributed by atoms with Gasteiger partial charge in [0.05, 0.1) is 12.5 Å². The molecule has 0 aliphatic rings. The van der Waals surface area contributed by atoms with Crippen molar-refractivity contribution in [3.8, 4) is 0 Å². The van der Waals surface area contributed by atoms with Crippen LogP contribution in [0.15, 0.2) is 35.7 Å². The summed E-state index contributed by atoms with van der Waals surface area (Å²) in [6, 6.07) is 4.94. The second-order valence-electron chi connectivity index (χ2n) is 3.95. The fourth-order valence-electron chi connectivity index (χ4n) is 1.60. The number of aromatic nitrogens is 2. The Kier molecular flexibility index (Phi) is 4.15. The summed E-state index contributed by atoms with van der Waals surface area (Å²) in [5.41, 5.74) is 0.711. The van der Waals surface area contributed by atoms with Gasteiger partial charge in [0, 0.05) is 23.6 Å². The molecule has 8 heteroatoms. The van der Waals surface area contributed by atoms with E-state index in [9.17, 15) is 8.42 Å². The van der Waals surface area contributed by atoms with Crippen LogP contribution >= 0.6 is 23.2 Å². The topological polar surface area (TPSA) is 66.1 Å². The van der Waals surface area contributed by atoms with E-state index in [0.29, 0.717) is 15.6 Å². The second kappa shape index (κ2) is 5.50. The fourth-order valence-corrected chi connectivity index (χ4v) is 3.22. The van der Waals surface area contributed by atoms with Crippen molar-refractivity contribution in [1.29, 1.82) is 0 Å². The summed E-state index contributed by atoms with van der Waals surface area (Å²) in [6.07, 6.45) is 2.58. The van der Waals surface area contributed by atoms with E-state index < -0.39 is 10.0 Å². The van der Waals surface area contributed by atoms with Gasteiger partial charge in [0.1, 0.15) is 0 Å². The first-order chi connectivity index (χ1) is 8.89. The largest absolute Gasteiger partial charge is 0.335 e. The molecule has 19 heavy (non-hydrogen) atoms. The number of H-pyrrole nitrogens is 1. The Hall–Kier alpha value is -1.08. The van der Waals surface area contributed by atoms with E-state index in [0.717, 1.165) is 0 Å². The molecular weight excluding hydrogens is 309 g/mol. The third-order valence-corrected chi connectivity index (χ3v) is 4.65. The molecule has 1 heterocycles. The molecule has 5 nitrogen and oxygen atoms in total. The van der Waals surface area contributed by atoms with Crippen molar-refractivity contribution >= 4 is 33.2 Å². The van der Waals surface area contributed by atoms with Gasteiger partial charge < -0.3 is 4.98 Å². The summed E-state index contributed by atoms with van der Waals surface area (Å²) in [4.78, 5) is 6.28. The number of nitrogens with zero attached hydrogens (tertiary/aromatic N) is 2. The maximum atomic E-state index is 12.2. The second-order valence-corrected chi connectivity index (χ2v) is 6.84. The summed E-state index contributed by atoms with van der Waals surface area (Å²) in [6.45, 7) is 0.168. The number of hydrogen-bond acceptors (Lipinski definition) is 3. The molecule has 0 atom stereocenters. The van der Waals surface area contributed by atoms with Crippen molar-refractivity contribution in [2.75, 3.05) is 7.05 Å². The van der Waals surface area contributed by atoms with Gasteiger partial charge in [-0.05, 0) is 23.8 Å². The summed E-state index contributed by atoms with van der Waals surface area (Å²) >= 11 is 11.8. The standard InChI is InChI=1S/C11H11Cl2N3O2S/c1-16(19(17,18)11-5-14-7-15-11)6-8-2-9(12)4-10(13)3-8/h2-5,7H,6H2,1H3,(H,14,15). The minimum Gasteiger partial charge on any atom is -0.335 e. The Bertz CT molecular complexity index is 651. The molecule has 0 aliphatic carbocycles. The molecule has 102 valence electrons. The highest BCUT2D eigenvalue weighted by Gasteiger charge is 2.22. The molecule has 1 aromatic carbocycles. The van der Waals surface area contributed by atoms with Crippen LogP contribution in [-0.2, 0) is 16.6 Å². The summed E-state index contributed by atoms with van der Waals surface area (Å²) in [7, 11) is -2.11. The molecule has 1 aromatic heterocycles. The maximum Gasteiger partial charge on any atom is 0.260 e. The predicted molar refractivity (Wildman–Crippen MR) is 73.7 cm³/mol. The highest BCUT2D eigenvalue weighted by molar-refractivity contribution is 7.89. The molecule has 0 bridgehead atoms. The van der Waals surface area contributed by atoms with Crippen molar-refractivity contribution in [3.05, 3.63) is 46.3 Å². The van der Waals surface area contributed by atoms with E-state index in [-0.39, 0.29) is 11.6 Å². The summed E-state index contributed by atoms with van der Waals surface area (Å²) in [5.74, 6) is 0. The van der Waals surface area contributed by atoms with Gasteiger partial charge in [-0.3, -0.25) is 0 Å². The first-order valence-corrected chi connectivity index (χ1v) is 7.49. The normalized spacial score (nSPS) is 12.0. The van der Waals surface area contributed by atoms with Gasteiger partial charge in [-0.15, -0.1) is 0 Å². The zero-order valence-electron chi connectivity index (χ0n) is 9.97. The molecule has 0 unspecified atom stereocenters. The first-order valence-electron chi connectivity index (χ1n) is 5.29. The van der Waals surface area contributed by atoms with E-state index in [1.54, 1.807) is 18.2 Å². The monoisotopic (exact) mass is 319 g/mol. The van der Waals surface area contributed by atoms with Crippen LogP contribution < -0.4 is 0 Å². The minimum atomic E-state index is -3.59. The summed E-state index contributed by atoms with van der Waals surface area (Å²) in [5, 5.41) is 0.979. The quantitative estimate of drug-likeness (QED) is 0.941. The molecule has 0 saturated heterocycles. The highest BCUT2D eigenvalue weighted by atomic mass is 35.5. The lowest BCUT2D eigenvalue weighted by Gasteiger charge is -2.16. The number of imidazole rings is 1. The molecule has 2 aromatic rings. The molecule has 0 saturated carbocycles. The van der Waals surface area contributed by atoms with E-state index >= 15 is 0 Å². The molecular formula is C11H11Cl2N3O2S. The summed E-state index contributed by atoms with van der Waals surface area (Å²) < 4.78 is 25.5. The zero-order chi connectivity index (χ0) is 14.0. The number of benzene rings is 1. The van der Waals surface area contributed by atoms with Crippen LogP contribution in [0, 0.1) is 0 Å². The lowest BCUT2D eigenvalue weighted by molar-refractivity contribution is 0.464. The third-order valence-electron chi connectivity index (χ3n) is 2.49. The number of rotatable bonds is 4. The average Bonchev–Trinajstić information content (AvgIpc) is 2.80. The van der Waals surface area contributed by atoms with Crippen molar-refractivity contribution in [3.63, 3.8) is 0 Å². The van der Waals surface area contributed by atoms with Gasteiger partial charge in [-0.1, -0.05) is 23.2 Å².